The van der Waals surface area contributed by atoms with E-state index in [4.69, 9.17) is 0 Å². The van der Waals surface area contributed by atoms with Crippen molar-refractivity contribution < 1.29 is 9.18 Å². The van der Waals surface area contributed by atoms with Crippen LogP contribution in [0.25, 0.3) is 11.4 Å². The third-order valence-electron chi connectivity index (χ3n) is 3.42. The summed E-state index contributed by atoms with van der Waals surface area (Å²) in [4.78, 5) is 13.2. The molecule has 2 aromatic carbocycles. The fraction of sp³-hybridized carbons (Fsp3) is 0.176. The van der Waals surface area contributed by atoms with Crippen molar-refractivity contribution >= 4 is 5.91 Å². The van der Waals surface area contributed by atoms with Gasteiger partial charge in [0.25, 0.3) is 0 Å². The van der Waals surface area contributed by atoms with Crippen LogP contribution in [-0.2, 0) is 17.8 Å². The lowest BCUT2D eigenvalue weighted by molar-refractivity contribution is -0.122. The van der Waals surface area contributed by atoms with Crippen LogP contribution in [0.15, 0.2) is 54.6 Å². The Morgan fingerprint density at radius 1 is 1.08 bits per heavy atom. The van der Waals surface area contributed by atoms with Gasteiger partial charge >= 0.3 is 0 Å². The first-order chi connectivity index (χ1) is 11.7. The van der Waals surface area contributed by atoms with E-state index in [1.807, 2.05) is 30.3 Å². The van der Waals surface area contributed by atoms with Crippen LogP contribution in [0.5, 0.6) is 0 Å². The summed E-state index contributed by atoms with van der Waals surface area (Å²) in [6.07, 6.45) is 0.631. The molecule has 0 atom stereocenters. The number of carbonyl (C=O) groups excluding carboxylic acids is 1. The van der Waals surface area contributed by atoms with E-state index >= 15 is 0 Å². The molecule has 3 rings (SSSR count). The molecule has 0 spiro atoms. The summed E-state index contributed by atoms with van der Waals surface area (Å²) in [5, 5.41) is 14.8. The van der Waals surface area contributed by atoms with E-state index in [9.17, 15) is 9.18 Å². The molecule has 1 N–H and O–H groups in total. The van der Waals surface area contributed by atoms with Gasteiger partial charge in [-0.3, -0.25) is 4.79 Å². The van der Waals surface area contributed by atoms with Crippen LogP contribution < -0.4 is 5.32 Å². The predicted molar refractivity (Wildman–Crippen MR) is 86.4 cm³/mol. The van der Waals surface area contributed by atoms with Crippen molar-refractivity contribution in [2.45, 2.75) is 13.0 Å². The molecule has 6 nitrogen and oxygen atoms in total. The molecular weight excluding hydrogens is 309 g/mol. The number of halogens is 1. The number of hydrogen-bond donors (Lipinski definition) is 1. The lowest BCUT2D eigenvalue weighted by atomic mass is 10.1. The number of nitrogens with one attached hydrogen (secondary N) is 1. The highest BCUT2D eigenvalue weighted by Gasteiger charge is 2.08. The number of benzene rings is 2. The van der Waals surface area contributed by atoms with E-state index in [-0.39, 0.29) is 18.3 Å². The molecule has 0 unspecified atom stereocenters. The normalized spacial score (nSPS) is 10.5. The molecule has 0 radical (unpaired) electrons. The van der Waals surface area contributed by atoms with Gasteiger partial charge < -0.3 is 5.32 Å². The summed E-state index contributed by atoms with van der Waals surface area (Å²) in [6, 6.07) is 15.6. The highest BCUT2D eigenvalue weighted by molar-refractivity contribution is 5.75. The first kappa shape index (κ1) is 15.8. The summed E-state index contributed by atoms with van der Waals surface area (Å²) in [7, 11) is 0. The van der Waals surface area contributed by atoms with Gasteiger partial charge in [-0.2, -0.15) is 4.80 Å². The quantitative estimate of drug-likeness (QED) is 0.750. The van der Waals surface area contributed by atoms with Crippen molar-refractivity contribution in [2.75, 3.05) is 6.54 Å². The minimum atomic E-state index is -0.269. The molecule has 0 aliphatic carbocycles. The highest BCUT2D eigenvalue weighted by Crippen LogP contribution is 2.11. The Balaban J connectivity index is 1.48. The number of tetrazole rings is 1. The third kappa shape index (κ3) is 4.22. The number of nitrogens with zero attached hydrogens (tertiary/aromatic N) is 4. The van der Waals surface area contributed by atoms with E-state index in [0.717, 1.165) is 11.1 Å². The number of aromatic nitrogens is 4. The van der Waals surface area contributed by atoms with Gasteiger partial charge in [0.15, 0.2) is 0 Å². The highest BCUT2D eigenvalue weighted by atomic mass is 19.1. The fourth-order valence-corrected chi connectivity index (χ4v) is 2.19. The molecule has 24 heavy (non-hydrogen) atoms. The van der Waals surface area contributed by atoms with Crippen LogP contribution in [0.1, 0.15) is 5.56 Å². The van der Waals surface area contributed by atoms with Crippen molar-refractivity contribution in [3.8, 4) is 11.4 Å². The van der Waals surface area contributed by atoms with Crippen molar-refractivity contribution in [2.24, 2.45) is 0 Å². The number of amides is 1. The van der Waals surface area contributed by atoms with Gasteiger partial charge in [0.1, 0.15) is 12.4 Å². The molecule has 1 aromatic heterocycles. The van der Waals surface area contributed by atoms with Crippen LogP contribution in [0, 0.1) is 5.82 Å². The minimum Gasteiger partial charge on any atom is -0.354 e. The smallest absolute Gasteiger partial charge is 0.243 e. The summed E-state index contributed by atoms with van der Waals surface area (Å²) in [5.74, 6) is 0.0121. The monoisotopic (exact) mass is 325 g/mol. The Kier molecular flexibility index (Phi) is 4.90. The van der Waals surface area contributed by atoms with E-state index in [2.05, 4.69) is 20.7 Å². The second-order valence-electron chi connectivity index (χ2n) is 5.24. The zero-order valence-electron chi connectivity index (χ0n) is 12.9. The van der Waals surface area contributed by atoms with Gasteiger partial charge in [0.05, 0.1) is 0 Å². The van der Waals surface area contributed by atoms with Gasteiger partial charge in [0.2, 0.25) is 11.7 Å². The van der Waals surface area contributed by atoms with Crippen LogP contribution >= 0.6 is 0 Å². The summed E-state index contributed by atoms with van der Waals surface area (Å²) in [5.41, 5.74) is 1.81. The molecule has 0 aliphatic rings. The van der Waals surface area contributed by atoms with Crippen molar-refractivity contribution in [3.05, 3.63) is 66.0 Å². The second-order valence-corrected chi connectivity index (χ2v) is 5.24. The van der Waals surface area contributed by atoms with E-state index in [0.29, 0.717) is 18.8 Å². The average molecular weight is 325 g/mol. The Hall–Kier alpha value is -3.09. The molecule has 122 valence electrons. The largest absolute Gasteiger partial charge is 0.354 e. The summed E-state index contributed by atoms with van der Waals surface area (Å²) < 4.78 is 12.8. The van der Waals surface area contributed by atoms with E-state index in [1.165, 1.54) is 16.9 Å². The maximum atomic E-state index is 12.8. The van der Waals surface area contributed by atoms with Crippen LogP contribution in [-0.4, -0.2) is 32.7 Å². The van der Waals surface area contributed by atoms with E-state index < -0.39 is 0 Å². The van der Waals surface area contributed by atoms with Crippen LogP contribution in [0.2, 0.25) is 0 Å². The molecule has 7 heteroatoms. The van der Waals surface area contributed by atoms with Gasteiger partial charge in [-0.15, -0.1) is 10.2 Å². The number of hydrogen-bond acceptors (Lipinski definition) is 4. The van der Waals surface area contributed by atoms with Gasteiger partial charge in [-0.05, 0) is 29.3 Å². The molecule has 0 saturated carbocycles. The maximum absolute atomic E-state index is 12.8. The standard InChI is InChI=1S/C17H16FN5O/c18-15-8-6-13(7-9-15)10-11-19-16(24)12-23-21-17(20-22-23)14-4-2-1-3-5-14/h1-9H,10-12H2,(H,19,24). The Morgan fingerprint density at radius 3 is 2.58 bits per heavy atom. The maximum Gasteiger partial charge on any atom is 0.243 e. The SMILES string of the molecule is O=C(Cn1nnc(-c2ccccc2)n1)NCCc1ccc(F)cc1. The van der Waals surface area contributed by atoms with Crippen LogP contribution in [0.3, 0.4) is 0 Å². The van der Waals surface area contributed by atoms with Crippen molar-refractivity contribution in [1.82, 2.24) is 25.5 Å². The molecule has 0 fully saturated rings. The second kappa shape index (κ2) is 7.45. The van der Waals surface area contributed by atoms with E-state index in [1.54, 1.807) is 12.1 Å². The average Bonchev–Trinajstić information content (AvgIpc) is 3.06. The number of rotatable bonds is 6. The lowest BCUT2D eigenvalue weighted by Crippen LogP contribution is -2.30. The molecule has 3 aromatic rings. The molecular formula is C17H16FN5O. The fourth-order valence-electron chi connectivity index (χ4n) is 2.19. The predicted octanol–water partition coefficient (Wildman–Crippen LogP) is 1.84. The molecule has 1 heterocycles. The van der Waals surface area contributed by atoms with Crippen molar-refractivity contribution in [1.29, 1.82) is 0 Å². The zero-order valence-corrected chi connectivity index (χ0v) is 12.9. The first-order valence-corrected chi connectivity index (χ1v) is 7.55. The molecule has 0 bridgehead atoms. The summed E-state index contributed by atoms with van der Waals surface area (Å²) >= 11 is 0. The van der Waals surface area contributed by atoms with Gasteiger partial charge in [-0.25, -0.2) is 4.39 Å². The van der Waals surface area contributed by atoms with Gasteiger partial charge in [0, 0.05) is 12.1 Å². The Bertz CT molecular complexity index is 801. The zero-order chi connectivity index (χ0) is 16.8. The lowest BCUT2D eigenvalue weighted by Gasteiger charge is -2.04. The minimum absolute atomic E-state index is 0.00323. The first-order valence-electron chi connectivity index (χ1n) is 7.55. The summed E-state index contributed by atoms with van der Waals surface area (Å²) in [6.45, 7) is 0.466. The van der Waals surface area contributed by atoms with Crippen molar-refractivity contribution in [3.63, 3.8) is 0 Å². The van der Waals surface area contributed by atoms with Crippen LogP contribution in [0.4, 0.5) is 4.39 Å². The topological polar surface area (TPSA) is 72.7 Å². The van der Waals surface area contributed by atoms with Gasteiger partial charge in [-0.1, -0.05) is 42.5 Å². The Labute approximate surface area is 138 Å². The number of carbonyl (C=O) groups is 1. The third-order valence-corrected chi connectivity index (χ3v) is 3.42. The molecule has 0 saturated heterocycles. The molecule has 0 aliphatic heterocycles. The Morgan fingerprint density at radius 2 is 1.83 bits per heavy atom. The molecule has 1 amide bonds.